The second-order valence-electron chi connectivity index (χ2n) is 2.78. The molecule has 6 heteroatoms. The van der Waals surface area contributed by atoms with Crippen LogP contribution in [-0.2, 0) is 4.79 Å². The number of aryl methyl sites for hydroxylation is 1. The predicted molar refractivity (Wildman–Crippen MR) is 53.7 cm³/mol. The smallest absolute Gasteiger partial charge is 0.341 e. The first-order valence-electron chi connectivity index (χ1n) is 4.10. The highest BCUT2D eigenvalue weighted by atomic mass is 35.5. The SMILES string of the molecule is COc1nc(OCC(=O)O)c(Cl)cc1C. The average Bonchev–Trinajstić information content (AvgIpc) is 2.16. The molecule has 1 heterocycles. The molecule has 0 spiro atoms. The van der Waals surface area contributed by atoms with Gasteiger partial charge in [-0.3, -0.25) is 0 Å². The molecule has 0 radical (unpaired) electrons. The normalized spacial score (nSPS) is 9.80. The number of halogens is 1. The lowest BCUT2D eigenvalue weighted by Crippen LogP contribution is -2.11. The van der Waals surface area contributed by atoms with E-state index in [-0.39, 0.29) is 10.9 Å². The van der Waals surface area contributed by atoms with E-state index in [1.165, 1.54) is 7.11 Å². The number of nitrogens with zero attached hydrogens (tertiary/aromatic N) is 1. The number of pyridine rings is 1. The number of carbonyl (C=O) groups is 1. The third-order valence-electron chi connectivity index (χ3n) is 1.61. The minimum absolute atomic E-state index is 0.0570. The Bertz CT molecular complexity index is 381. The molecule has 0 atom stereocenters. The van der Waals surface area contributed by atoms with E-state index in [0.29, 0.717) is 5.88 Å². The minimum atomic E-state index is -1.09. The molecule has 1 rings (SSSR count). The zero-order valence-corrected chi connectivity index (χ0v) is 9.04. The Labute approximate surface area is 91.6 Å². The number of aliphatic carboxylic acids is 1. The number of carboxylic acid groups (broad SMARTS) is 1. The third-order valence-corrected chi connectivity index (χ3v) is 1.88. The van der Waals surface area contributed by atoms with Gasteiger partial charge in [-0.1, -0.05) is 11.6 Å². The highest BCUT2D eigenvalue weighted by Crippen LogP contribution is 2.27. The molecular weight excluding hydrogens is 222 g/mol. The van der Waals surface area contributed by atoms with Crippen molar-refractivity contribution in [3.05, 3.63) is 16.7 Å². The third kappa shape index (κ3) is 2.99. The fourth-order valence-corrected chi connectivity index (χ4v) is 1.25. The monoisotopic (exact) mass is 231 g/mol. The topological polar surface area (TPSA) is 68.7 Å². The number of rotatable bonds is 4. The van der Waals surface area contributed by atoms with Gasteiger partial charge in [-0.25, -0.2) is 4.79 Å². The summed E-state index contributed by atoms with van der Waals surface area (Å²) in [5.41, 5.74) is 0.755. The first kappa shape index (κ1) is 11.6. The Morgan fingerprint density at radius 2 is 2.27 bits per heavy atom. The van der Waals surface area contributed by atoms with Crippen LogP contribution in [0.4, 0.5) is 0 Å². The second kappa shape index (κ2) is 4.84. The van der Waals surface area contributed by atoms with Crippen LogP contribution in [0, 0.1) is 6.92 Å². The highest BCUT2D eigenvalue weighted by molar-refractivity contribution is 6.31. The first-order valence-corrected chi connectivity index (χ1v) is 4.48. The molecule has 82 valence electrons. The number of carboxylic acids is 1. The van der Waals surface area contributed by atoms with Gasteiger partial charge in [-0.15, -0.1) is 0 Å². The van der Waals surface area contributed by atoms with Crippen molar-refractivity contribution in [2.75, 3.05) is 13.7 Å². The quantitative estimate of drug-likeness (QED) is 0.851. The van der Waals surface area contributed by atoms with Crippen LogP contribution in [0.15, 0.2) is 6.07 Å². The summed E-state index contributed by atoms with van der Waals surface area (Å²) >= 11 is 5.81. The van der Waals surface area contributed by atoms with Gasteiger partial charge in [-0.05, 0) is 13.0 Å². The average molecular weight is 232 g/mol. The van der Waals surface area contributed by atoms with Crippen LogP contribution in [-0.4, -0.2) is 29.8 Å². The van der Waals surface area contributed by atoms with Gasteiger partial charge in [0.15, 0.2) is 6.61 Å². The van der Waals surface area contributed by atoms with Gasteiger partial charge in [0, 0.05) is 5.56 Å². The number of methoxy groups -OCH3 is 1. The summed E-state index contributed by atoms with van der Waals surface area (Å²) in [7, 11) is 1.46. The molecule has 0 aliphatic heterocycles. The fraction of sp³-hybridized carbons (Fsp3) is 0.333. The molecule has 15 heavy (non-hydrogen) atoms. The van der Waals surface area contributed by atoms with E-state index in [1.54, 1.807) is 13.0 Å². The molecule has 0 aromatic carbocycles. The standard InChI is InChI=1S/C9H10ClNO4/c1-5-3-6(10)9(11-8(5)14-2)15-4-7(12)13/h3H,4H2,1-2H3,(H,12,13). The van der Waals surface area contributed by atoms with Crippen LogP contribution in [0.1, 0.15) is 5.56 Å². The molecule has 1 N–H and O–H groups in total. The lowest BCUT2D eigenvalue weighted by Gasteiger charge is -2.08. The van der Waals surface area contributed by atoms with E-state index in [9.17, 15) is 4.79 Å². The number of hydrogen-bond acceptors (Lipinski definition) is 4. The van der Waals surface area contributed by atoms with E-state index in [1.807, 2.05) is 0 Å². The Kier molecular flexibility index (Phi) is 3.74. The van der Waals surface area contributed by atoms with Crippen molar-refractivity contribution in [2.45, 2.75) is 6.92 Å². The Balaban J connectivity index is 2.92. The molecule has 0 aliphatic rings. The minimum Gasteiger partial charge on any atom is -0.481 e. The van der Waals surface area contributed by atoms with Crippen LogP contribution >= 0.6 is 11.6 Å². The number of ether oxygens (including phenoxy) is 2. The van der Waals surface area contributed by atoms with Crippen molar-refractivity contribution in [1.29, 1.82) is 0 Å². The summed E-state index contributed by atoms with van der Waals surface area (Å²) in [5, 5.41) is 8.68. The maximum absolute atomic E-state index is 10.3. The Morgan fingerprint density at radius 1 is 1.60 bits per heavy atom. The molecule has 1 aromatic rings. The van der Waals surface area contributed by atoms with Crippen molar-refractivity contribution in [3.8, 4) is 11.8 Å². The maximum atomic E-state index is 10.3. The van der Waals surface area contributed by atoms with Crippen molar-refractivity contribution in [1.82, 2.24) is 4.98 Å². The largest absolute Gasteiger partial charge is 0.481 e. The highest BCUT2D eigenvalue weighted by Gasteiger charge is 2.10. The van der Waals surface area contributed by atoms with Gasteiger partial charge >= 0.3 is 5.97 Å². The first-order chi connectivity index (χ1) is 7.04. The van der Waals surface area contributed by atoms with Crippen molar-refractivity contribution in [3.63, 3.8) is 0 Å². The molecular formula is C9H10ClNO4. The van der Waals surface area contributed by atoms with E-state index in [4.69, 9.17) is 26.2 Å². The molecule has 5 nitrogen and oxygen atoms in total. The van der Waals surface area contributed by atoms with E-state index in [0.717, 1.165) is 5.56 Å². The van der Waals surface area contributed by atoms with Crippen LogP contribution in [0.5, 0.6) is 11.8 Å². The summed E-state index contributed by atoms with van der Waals surface area (Å²) in [5.74, 6) is -0.672. The molecule has 0 saturated carbocycles. The summed E-state index contributed by atoms with van der Waals surface area (Å²) in [6, 6.07) is 1.60. The number of aromatic nitrogens is 1. The summed E-state index contributed by atoms with van der Waals surface area (Å²) in [6.07, 6.45) is 0. The predicted octanol–water partition coefficient (Wildman–Crippen LogP) is 1.52. The summed E-state index contributed by atoms with van der Waals surface area (Å²) < 4.78 is 9.82. The van der Waals surface area contributed by atoms with E-state index >= 15 is 0 Å². The van der Waals surface area contributed by atoms with Crippen LogP contribution in [0.2, 0.25) is 5.02 Å². The van der Waals surface area contributed by atoms with Crippen LogP contribution in [0.3, 0.4) is 0 Å². The molecule has 1 aromatic heterocycles. The molecule has 0 aliphatic carbocycles. The Morgan fingerprint density at radius 3 is 2.80 bits per heavy atom. The molecule has 0 fully saturated rings. The molecule has 0 amide bonds. The zero-order chi connectivity index (χ0) is 11.4. The van der Waals surface area contributed by atoms with Gasteiger partial charge in [0.2, 0.25) is 11.8 Å². The maximum Gasteiger partial charge on any atom is 0.341 e. The van der Waals surface area contributed by atoms with Crippen LogP contribution < -0.4 is 9.47 Å². The van der Waals surface area contributed by atoms with Crippen molar-refractivity contribution >= 4 is 17.6 Å². The zero-order valence-electron chi connectivity index (χ0n) is 8.28. The van der Waals surface area contributed by atoms with E-state index < -0.39 is 12.6 Å². The molecule has 0 bridgehead atoms. The lowest BCUT2D eigenvalue weighted by atomic mass is 10.3. The van der Waals surface area contributed by atoms with Gasteiger partial charge in [-0.2, -0.15) is 4.98 Å². The van der Waals surface area contributed by atoms with Crippen molar-refractivity contribution < 1.29 is 19.4 Å². The molecule has 0 unspecified atom stereocenters. The van der Waals surface area contributed by atoms with Gasteiger partial charge < -0.3 is 14.6 Å². The van der Waals surface area contributed by atoms with Gasteiger partial charge in [0.25, 0.3) is 0 Å². The Hall–Kier alpha value is -1.49. The lowest BCUT2D eigenvalue weighted by molar-refractivity contribution is -0.139. The second-order valence-corrected chi connectivity index (χ2v) is 3.19. The summed E-state index contributed by atoms with van der Waals surface area (Å²) in [6.45, 7) is 1.29. The fourth-order valence-electron chi connectivity index (χ4n) is 0.985. The van der Waals surface area contributed by atoms with Crippen LogP contribution in [0.25, 0.3) is 0 Å². The number of hydrogen-bond donors (Lipinski definition) is 1. The molecule has 0 saturated heterocycles. The van der Waals surface area contributed by atoms with Gasteiger partial charge in [0.1, 0.15) is 5.02 Å². The summed E-state index contributed by atoms with van der Waals surface area (Å²) in [4.78, 5) is 14.2. The van der Waals surface area contributed by atoms with Crippen molar-refractivity contribution in [2.24, 2.45) is 0 Å². The van der Waals surface area contributed by atoms with Gasteiger partial charge in [0.05, 0.1) is 7.11 Å². The van der Waals surface area contributed by atoms with E-state index in [2.05, 4.69) is 4.98 Å².